The Hall–Kier alpha value is -2.63. The van der Waals surface area contributed by atoms with Crippen LogP contribution in [-0.4, -0.2) is 27.6 Å². The summed E-state index contributed by atoms with van der Waals surface area (Å²) in [6.07, 6.45) is -0.987. The van der Waals surface area contributed by atoms with Gasteiger partial charge in [-0.1, -0.05) is 65.7 Å². The van der Waals surface area contributed by atoms with Crippen LogP contribution in [0.1, 0.15) is 38.9 Å². The van der Waals surface area contributed by atoms with Crippen LogP contribution in [0.5, 0.6) is 0 Å². The van der Waals surface area contributed by atoms with Gasteiger partial charge in [0, 0.05) is 10.6 Å². The Morgan fingerprint density at radius 2 is 1.82 bits per heavy atom. The Morgan fingerprint density at radius 1 is 1.11 bits per heavy atom. The van der Waals surface area contributed by atoms with Crippen LogP contribution in [0.25, 0.3) is 0 Å². The SMILES string of the molecule is Cc1nn(Cc2ccccc2)c(Cl)c1C(=O)OC(C)C(=O)c1cccc(Cl)c1. The highest BCUT2D eigenvalue weighted by molar-refractivity contribution is 6.33. The fraction of sp³-hybridized carbons (Fsp3) is 0.190. The quantitative estimate of drug-likeness (QED) is 0.420. The summed E-state index contributed by atoms with van der Waals surface area (Å²) in [5.74, 6) is -1.04. The first-order chi connectivity index (χ1) is 13.4. The molecular formula is C21H18Cl2N2O3. The molecule has 3 aromatic rings. The van der Waals surface area contributed by atoms with Gasteiger partial charge in [0.25, 0.3) is 0 Å². The molecule has 0 radical (unpaired) electrons. The lowest BCUT2D eigenvalue weighted by Crippen LogP contribution is -2.24. The Labute approximate surface area is 172 Å². The molecule has 1 heterocycles. The van der Waals surface area contributed by atoms with E-state index in [2.05, 4.69) is 5.10 Å². The largest absolute Gasteiger partial charge is 0.451 e. The average Bonchev–Trinajstić information content (AvgIpc) is 2.95. The molecular weight excluding hydrogens is 399 g/mol. The molecule has 0 aliphatic rings. The van der Waals surface area contributed by atoms with E-state index in [-0.39, 0.29) is 16.5 Å². The molecule has 0 amide bonds. The molecule has 7 heteroatoms. The van der Waals surface area contributed by atoms with Gasteiger partial charge in [0.05, 0.1) is 12.2 Å². The van der Waals surface area contributed by atoms with Crippen LogP contribution in [0, 0.1) is 6.92 Å². The van der Waals surface area contributed by atoms with Crippen molar-refractivity contribution >= 4 is 35.0 Å². The maximum Gasteiger partial charge on any atom is 0.343 e. The monoisotopic (exact) mass is 416 g/mol. The summed E-state index contributed by atoms with van der Waals surface area (Å²) in [6, 6.07) is 16.1. The second-order valence-corrected chi connectivity index (χ2v) is 7.11. The highest BCUT2D eigenvalue weighted by Crippen LogP contribution is 2.23. The number of ketones is 1. The van der Waals surface area contributed by atoms with Crippen LogP contribution in [0.4, 0.5) is 0 Å². The second-order valence-electron chi connectivity index (χ2n) is 6.32. The van der Waals surface area contributed by atoms with Crippen LogP contribution in [-0.2, 0) is 11.3 Å². The molecule has 0 N–H and O–H groups in total. The number of aryl methyl sites for hydroxylation is 1. The average molecular weight is 417 g/mol. The minimum Gasteiger partial charge on any atom is -0.451 e. The molecule has 0 spiro atoms. The summed E-state index contributed by atoms with van der Waals surface area (Å²) in [5.41, 5.74) is 1.96. The summed E-state index contributed by atoms with van der Waals surface area (Å²) in [7, 11) is 0. The molecule has 2 aromatic carbocycles. The minimum absolute atomic E-state index is 0.156. The van der Waals surface area contributed by atoms with Crippen LogP contribution < -0.4 is 0 Å². The van der Waals surface area contributed by atoms with Crippen LogP contribution in [0.2, 0.25) is 10.2 Å². The highest BCUT2D eigenvalue weighted by atomic mass is 35.5. The number of carbonyl (C=O) groups excluding carboxylic acids is 2. The number of halogens is 2. The Balaban J connectivity index is 1.76. The van der Waals surface area contributed by atoms with Crippen molar-refractivity contribution in [1.82, 2.24) is 9.78 Å². The van der Waals surface area contributed by atoms with E-state index in [1.165, 1.54) is 17.7 Å². The van der Waals surface area contributed by atoms with Crippen molar-refractivity contribution in [3.8, 4) is 0 Å². The van der Waals surface area contributed by atoms with Gasteiger partial charge in [0.1, 0.15) is 10.7 Å². The third-order valence-electron chi connectivity index (χ3n) is 4.21. The van der Waals surface area contributed by atoms with Crippen molar-refractivity contribution < 1.29 is 14.3 Å². The zero-order chi connectivity index (χ0) is 20.3. The summed E-state index contributed by atoms with van der Waals surface area (Å²) in [5, 5.41) is 4.94. The number of rotatable bonds is 6. The molecule has 144 valence electrons. The Bertz CT molecular complexity index is 1020. The number of aromatic nitrogens is 2. The van der Waals surface area contributed by atoms with Gasteiger partial charge in [0.15, 0.2) is 6.10 Å². The van der Waals surface area contributed by atoms with Crippen LogP contribution in [0.3, 0.4) is 0 Å². The number of esters is 1. The molecule has 0 fully saturated rings. The van der Waals surface area contributed by atoms with Crippen molar-refractivity contribution in [3.63, 3.8) is 0 Å². The zero-order valence-corrected chi connectivity index (χ0v) is 16.9. The Kier molecular flexibility index (Phi) is 6.17. The van der Waals surface area contributed by atoms with Gasteiger partial charge in [-0.15, -0.1) is 0 Å². The topological polar surface area (TPSA) is 61.2 Å². The van der Waals surface area contributed by atoms with E-state index in [9.17, 15) is 9.59 Å². The number of hydrogen-bond donors (Lipinski definition) is 0. The lowest BCUT2D eigenvalue weighted by molar-refractivity contribution is 0.0318. The normalized spacial score (nSPS) is 11.9. The molecule has 0 bridgehead atoms. The highest BCUT2D eigenvalue weighted by Gasteiger charge is 2.26. The first-order valence-electron chi connectivity index (χ1n) is 8.64. The predicted molar refractivity (Wildman–Crippen MR) is 108 cm³/mol. The molecule has 1 aromatic heterocycles. The van der Waals surface area contributed by atoms with E-state index in [1.807, 2.05) is 30.3 Å². The lowest BCUT2D eigenvalue weighted by atomic mass is 10.1. The van der Waals surface area contributed by atoms with Crippen molar-refractivity contribution in [2.75, 3.05) is 0 Å². The number of nitrogens with zero attached hydrogens (tertiary/aromatic N) is 2. The fourth-order valence-corrected chi connectivity index (χ4v) is 3.30. The molecule has 1 unspecified atom stereocenters. The van der Waals surface area contributed by atoms with Crippen molar-refractivity contribution in [3.05, 3.63) is 87.2 Å². The first kappa shape index (κ1) is 20.1. The lowest BCUT2D eigenvalue weighted by Gasteiger charge is -2.12. The molecule has 0 saturated carbocycles. The maximum absolute atomic E-state index is 12.6. The van der Waals surface area contributed by atoms with Crippen molar-refractivity contribution in [1.29, 1.82) is 0 Å². The molecule has 0 saturated heterocycles. The van der Waals surface area contributed by atoms with Gasteiger partial charge in [-0.05, 0) is 31.5 Å². The third kappa shape index (κ3) is 4.43. The fourth-order valence-electron chi connectivity index (χ4n) is 2.80. The summed E-state index contributed by atoms with van der Waals surface area (Å²) in [6.45, 7) is 3.61. The van der Waals surface area contributed by atoms with E-state index in [0.29, 0.717) is 22.8 Å². The molecule has 28 heavy (non-hydrogen) atoms. The minimum atomic E-state index is -0.987. The van der Waals surface area contributed by atoms with Gasteiger partial charge in [0.2, 0.25) is 5.78 Å². The van der Waals surface area contributed by atoms with Crippen LogP contribution in [0.15, 0.2) is 54.6 Å². The van der Waals surface area contributed by atoms with Crippen molar-refractivity contribution in [2.24, 2.45) is 0 Å². The maximum atomic E-state index is 12.6. The van der Waals surface area contributed by atoms with E-state index >= 15 is 0 Å². The van der Waals surface area contributed by atoms with E-state index < -0.39 is 12.1 Å². The third-order valence-corrected chi connectivity index (χ3v) is 4.83. The number of Topliss-reactive ketones (excluding diaryl/α,β-unsaturated/α-hetero) is 1. The second kappa shape index (κ2) is 8.59. The van der Waals surface area contributed by atoms with Crippen LogP contribution >= 0.6 is 23.2 Å². The summed E-state index contributed by atoms with van der Waals surface area (Å²) >= 11 is 12.3. The summed E-state index contributed by atoms with van der Waals surface area (Å²) in [4.78, 5) is 25.1. The predicted octanol–water partition coefficient (Wildman–Crippen LogP) is 4.97. The smallest absolute Gasteiger partial charge is 0.343 e. The number of ether oxygens (including phenoxy) is 1. The van der Waals surface area contributed by atoms with Gasteiger partial charge in [-0.2, -0.15) is 5.10 Å². The summed E-state index contributed by atoms with van der Waals surface area (Å²) < 4.78 is 6.88. The standard InChI is InChI=1S/C21H18Cl2N2O3/c1-13-18(20(23)25(24-13)12-15-7-4-3-5-8-15)21(27)28-14(2)19(26)16-9-6-10-17(22)11-16/h3-11,14H,12H2,1-2H3. The van der Waals surface area contributed by atoms with Gasteiger partial charge in [-0.3, -0.25) is 4.79 Å². The molecule has 0 aliphatic carbocycles. The van der Waals surface area contributed by atoms with E-state index in [4.69, 9.17) is 27.9 Å². The van der Waals surface area contributed by atoms with E-state index in [0.717, 1.165) is 5.56 Å². The van der Waals surface area contributed by atoms with Gasteiger partial charge < -0.3 is 4.74 Å². The number of benzene rings is 2. The number of hydrogen-bond acceptors (Lipinski definition) is 4. The first-order valence-corrected chi connectivity index (χ1v) is 9.40. The zero-order valence-electron chi connectivity index (χ0n) is 15.4. The molecule has 1 atom stereocenters. The number of carbonyl (C=O) groups is 2. The van der Waals surface area contributed by atoms with Crippen molar-refractivity contribution in [2.45, 2.75) is 26.5 Å². The Morgan fingerprint density at radius 3 is 2.50 bits per heavy atom. The molecule has 5 nitrogen and oxygen atoms in total. The molecule has 3 rings (SSSR count). The molecule has 0 aliphatic heterocycles. The van der Waals surface area contributed by atoms with Gasteiger partial charge in [-0.25, -0.2) is 9.48 Å². The van der Waals surface area contributed by atoms with Gasteiger partial charge >= 0.3 is 5.97 Å². The van der Waals surface area contributed by atoms with E-state index in [1.54, 1.807) is 25.1 Å².